The molecule has 0 saturated heterocycles. The molecule has 4 rings (SSSR count). The molecule has 2 aromatic carbocycles. The van der Waals surface area contributed by atoms with Gasteiger partial charge in [0, 0.05) is 10.1 Å². The van der Waals surface area contributed by atoms with Gasteiger partial charge in [0.25, 0.3) is 0 Å². The first-order valence-electron chi connectivity index (χ1n) is 6.27. The summed E-state index contributed by atoms with van der Waals surface area (Å²) in [6.45, 7) is 0.794. The van der Waals surface area contributed by atoms with Crippen LogP contribution < -0.4 is 5.32 Å². The summed E-state index contributed by atoms with van der Waals surface area (Å²) >= 11 is 1.83. The van der Waals surface area contributed by atoms with E-state index in [0.29, 0.717) is 0 Å². The van der Waals surface area contributed by atoms with E-state index >= 15 is 0 Å². The van der Waals surface area contributed by atoms with Crippen molar-refractivity contribution in [2.24, 2.45) is 4.99 Å². The third-order valence-electron chi connectivity index (χ3n) is 3.40. The molecule has 1 aromatic heterocycles. The molecule has 1 aliphatic heterocycles. The van der Waals surface area contributed by atoms with Gasteiger partial charge in [0.15, 0.2) is 0 Å². The summed E-state index contributed by atoms with van der Waals surface area (Å²) in [5, 5.41) is 4.58. The zero-order valence-electron chi connectivity index (χ0n) is 10.3. The molecule has 0 fully saturated rings. The lowest BCUT2D eigenvalue weighted by Crippen LogP contribution is -2.01. The van der Waals surface area contributed by atoms with E-state index in [9.17, 15) is 0 Å². The molecule has 0 saturated carbocycles. The Kier molecular flexibility index (Phi) is 2.38. The van der Waals surface area contributed by atoms with Crippen molar-refractivity contribution in [3.8, 4) is 11.1 Å². The van der Waals surface area contributed by atoms with Crippen molar-refractivity contribution in [1.29, 1.82) is 0 Å². The first-order chi connectivity index (χ1) is 9.42. The average molecular weight is 264 g/mol. The topological polar surface area (TPSA) is 24.4 Å². The number of rotatable bonds is 1. The van der Waals surface area contributed by atoms with Crippen LogP contribution in [0.2, 0.25) is 0 Å². The predicted molar refractivity (Wildman–Crippen MR) is 83.1 cm³/mol. The van der Waals surface area contributed by atoms with Crippen LogP contribution in [0.4, 0.5) is 5.69 Å². The van der Waals surface area contributed by atoms with E-state index in [1.54, 1.807) is 6.34 Å². The fourth-order valence-electron chi connectivity index (χ4n) is 2.47. The van der Waals surface area contributed by atoms with Gasteiger partial charge in [-0.3, -0.25) is 4.99 Å². The number of hydrogen-bond donors (Lipinski definition) is 1. The number of nitrogens with one attached hydrogen (secondary N) is 1. The molecule has 0 unspecified atom stereocenters. The molecule has 92 valence electrons. The van der Waals surface area contributed by atoms with Crippen LogP contribution in [0.5, 0.6) is 0 Å². The van der Waals surface area contributed by atoms with E-state index in [2.05, 4.69) is 52.8 Å². The van der Waals surface area contributed by atoms with Gasteiger partial charge < -0.3 is 5.32 Å². The van der Waals surface area contributed by atoms with Gasteiger partial charge in [-0.15, -0.1) is 11.3 Å². The molecule has 2 heterocycles. The number of benzene rings is 2. The van der Waals surface area contributed by atoms with Crippen molar-refractivity contribution in [3.63, 3.8) is 0 Å². The lowest BCUT2D eigenvalue weighted by molar-refractivity contribution is 1.10. The predicted octanol–water partition coefficient (Wildman–Crippen LogP) is 4.52. The monoisotopic (exact) mass is 264 g/mol. The van der Waals surface area contributed by atoms with E-state index in [1.165, 1.54) is 31.8 Å². The van der Waals surface area contributed by atoms with Crippen LogP contribution in [0, 0.1) is 0 Å². The van der Waals surface area contributed by atoms with Crippen molar-refractivity contribution in [1.82, 2.24) is 0 Å². The van der Waals surface area contributed by atoms with Crippen LogP contribution in [0.1, 0.15) is 4.88 Å². The SMILES string of the molecule is C1=NCc2sc3ccc(-c4ccccc4)cc3c2N1. The van der Waals surface area contributed by atoms with Crippen molar-refractivity contribution in [2.45, 2.75) is 6.54 Å². The van der Waals surface area contributed by atoms with E-state index < -0.39 is 0 Å². The summed E-state index contributed by atoms with van der Waals surface area (Å²) in [5.74, 6) is 0. The number of nitrogens with zero attached hydrogens (tertiary/aromatic N) is 1. The van der Waals surface area contributed by atoms with E-state index in [4.69, 9.17) is 0 Å². The average Bonchev–Trinajstić information content (AvgIpc) is 2.86. The van der Waals surface area contributed by atoms with Crippen molar-refractivity contribution < 1.29 is 0 Å². The molecule has 0 aliphatic carbocycles. The Morgan fingerprint density at radius 2 is 1.89 bits per heavy atom. The van der Waals surface area contributed by atoms with Crippen LogP contribution in [-0.2, 0) is 6.54 Å². The molecule has 1 N–H and O–H groups in total. The number of hydrogen-bond acceptors (Lipinski definition) is 3. The lowest BCUT2D eigenvalue weighted by Gasteiger charge is -2.07. The van der Waals surface area contributed by atoms with Gasteiger partial charge in [-0.2, -0.15) is 0 Å². The largest absolute Gasteiger partial charge is 0.345 e. The Bertz CT molecular complexity index is 772. The first-order valence-corrected chi connectivity index (χ1v) is 7.09. The maximum Gasteiger partial charge on any atom is 0.0872 e. The minimum atomic E-state index is 0.794. The van der Waals surface area contributed by atoms with Gasteiger partial charge >= 0.3 is 0 Å². The second-order valence-corrected chi connectivity index (χ2v) is 5.73. The van der Waals surface area contributed by atoms with Crippen LogP contribution in [0.3, 0.4) is 0 Å². The zero-order valence-corrected chi connectivity index (χ0v) is 11.1. The highest BCUT2D eigenvalue weighted by Crippen LogP contribution is 2.39. The normalized spacial score (nSPS) is 13.3. The number of fused-ring (bicyclic) bond motifs is 3. The lowest BCUT2D eigenvalue weighted by atomic mass is 10.0. The molecule has 2 nitrogen and oxygen atoms in total. The molecule has 19 heavy (non-hydrogen) atoms. The van der Waals surface area contributed by atoms with Crippen LogP contribution in [-0.4, -0.2) is 6.34 Å². The fraction of sp³-hybridized carbons (Fsp3) is 0.0625. The molecule has 3 aromatic rings. The summed E-state index contributed by atoms with van der Waals surface area (Å²) in [5.41, 5.74) is 3.75. The molecule has 3 heteroatoms. The smallest absolute Gasteiger partial charge is 0.0872 e. The van der Waals surface area contributed by atoms with E-state index in [1.807, 2.05) is 17.4 Å². The van der Waals surface area contributed by atoms with E-state index in [-0.39, 0.29) is 0 Å². The molecule has 0 radical (unpaired) electrons. The van der Waals surface area contributed by atoms with Gasteiger partial charge in [0.1, 0.15) is 0 Å². The molecular formula is C16H12N2S. The Hall–Kier alpha value is -2.13. The van der Waals surface area contributed by atoms with Crippen LogP contribution >= 0.6 is 11.3 Å². The number of anilines is 1. The first kappa shape index (κ1) is 10.8. The second-order valence-electron chi connectivity index (χ2n) is 4.59. The Morgan fingerprint density at radius 3 is 2.79 bits per heavy atom. The van der Waals surface area contributed by atoms with Gasteiger partial charge in [-0.1, -0.05) is 36.4 Å². The van der Waals surface area contributed by atoms with Crippen molar-refractivity contribution in [3.05, 3.63) is 53.4 Å². The standard InChI is InChI=1S/C16H12N2S/c1-2-4-11(5-3-1)12-6-7-14-13(8-12)16-15(19-14)9-17-10-18-16/h1-8,10H,9H2,(H,17,18). The summed E-state index contributed by atoms with van der Waals surface area (Å²) in [6, 6.07) is 17.2. The molecule has 0 amide bonds. The summed E-state index contributed by atoms with van der Waals surface area (Å²) in [6.07, 6.45) is 1.80. The highest BCUT2D eigenvalue weighted by atomic mass is 32.1. The molecule has 0 bridgehead atoms. The molecule has 1 aliphatic rings. The Balaban J connectivity index is 1.92. The maximum absolute atomic E-state index is 4.27. The van der Waals surface area contributed by atoms with Crippen LogP contribution in [0.15, 0.2) is 53.5 Å². The third-order valence-corrected chi connectivity index (χ3v) is 4.56. The van der Waals surface area contributed by atoms with Crippen molar-refractivity contribution in [2.75, 3.05) is 5.32 Å². The Labute approximate surface area is 115 Å². The molecular weight excluding hydrogens is 252 g/mol. The zero-order chi connectivity index (χ0) is 12.7. The summed E-state index contributed by atoms with van der Waals surface area (Å²) in [7, 11) is 0. The van der Waals surface area contributed by atoms with Gasteiger partial charge in [0.05, 0.1) is 23.4 Å². The molecule has 0 spiro atoms. The number of aliphatic imine (C=N–C) groups is 1. The minimum absolute atomic E-state index is 0.794. The van der Waals surface area contributed by atoms with Crippen molar-refractivity contribution >= 4 is 33.4 Å². The highest BCUT2D eigenvalue weighted by molar-refractivity contribution is 7.19. The van der Waals surface area contributed by atoms with E-state index in [0.717, 1.165) is 6.54 Å². The number of thiophene rings is 1. The Morgan fingerprint density at radius 1 is 1.00 bits per heavy atom. The fourth-order valence-corrected chi connectivity index (χ4v) is 3.55. The quantitative estimate of drug-likeness (QED) is 0.686. The summed E-state index contributed by atoms with van der Waals surface area (Å²) in [4.78, 5) is 5.59. The van der Waals surface area contributed by atoms with Gasteiger partial charge in [-0.05, 0) is 23.3 Å². The molecule has 0 atom stereocenters. The van der Waals surface area contributed by atoms with Gasteiger partial charge in [0.2, 0.25) is 0 Å². The minimum Gasteiger partial charge on any atom is -0.345 e. The second kappa shape index (κ2) is 4.21. The third kappa shape index (κ3) is 1.74. The maximum atomic E-state index is 4.27. The summed E-state index contributed by atoms with van der Waals surface area (Å²) < 4.78 is 1.32. The van der Waals surface area contributed by atoms with Crippen LogP contribution in [0.25, 0.3) is 21.2 Å². The van der Waals surface area contributed by atoms with Gasteiger partial charge in [-0.25, -0.2) is 0 Å². The highest BCUT2D eigenvalue weighted by Gasteiger charge is 2.14.